The average Bonchev–Trinajstić information content (AvgIpc) is 3.44. The molecule has 4 heterocycles. The third kappa shape index (κ3) is 20.8. The summed E-state index contributed by atoms with van der Waals surface area (Å²) >= 11 is 0. The van der Waals surface area contributed by atoms with Crippen LogP contribution in [0.25, 0.3) is 0 Å². The maximum Gasteiger partial charge on any atom is 0.304 e. The quantitative estimate of drug-likeness (QED) is 0.0634. The van der Waals surface area contributed by atoms with E-state index >= 15 is 0 Å². The number of aliphatic carboxylic acids is 1. The number of halogens is 2. The van der Waals surface area contributed by atoms with Crippen molar-refractivity contribution in [2.45, 2.75) is 104 Å². The summed E-state index contributed by atoms with van der Waals surface area (Å²) < 4.78 is 63.9. The fourth-order valence-electron chi connectivity index (χ4n) is 9.77. The number of carbonyl (C=O) groups excluding carboxylic acids is 1. The number of pyridine rings is 2. The fourth-order valence-corrected chi connectivity index (χ4v) is 12.9. The van der Waals surface area contributed by atoms with E-state index in [0.29, 0.717) is 39.4 Å². The van der Waals surface area contributed by atoms with Crippen molar-refractivity contribution in [3.8, 4) is 11.5 Å². The molecule has 444 valence electrons. The molecular weight excluding hydrogens is 1090 g/mol. The van der Waals surface area contributed by atoms with Gasteiger partial charge in [0, 0.05) is 72.9 Å². The fraction of sp³-hybridized carbons (Fsp3) is 0.571. The molecule has 23 heteroatoms. The number of rotatable bonds is 23. The standard InChI is InChI=1S/C28H43N5O4S.C15H26N4.C13H19NO5S.2ClH/c1-7-32(8-2)20-23-11-15-33(16-12-23)26-10-9-24(19-29-26)30-27(34)13-14-31(5)38(35,36)28-21(3)17-25(37-6)18-22(28)4;1-3-18(4-2)12-13-7-9-19(10-8-13)15-6-5-14(16)11-17-15;1-9-7-11(19-4)8-10(2)13(9)20(17,18)14(3)6-5-12(15)16;;/h9-10,17-19,23H,7-8,11-16,20H2,1-6H3,(H,30,34);5-6,11,13H,3-4,7-10,12,16H2,1-2H3;7-8H,5-6H2,1-4H3,(H,15,16);2*1H. The minimum Gasteiger partial charge on any atom is -0.497 e. The number of carboxylic acids is 1. The number of nitrogen functional groups attached to an aromatic ring is 1. The summed E-state index contributed by atoms with van der Waals surface area (Å²) in [6.07, 6.45) is 8.06. The van der Waals surface area contributed by atoms with Crippen LogP contribution in [0.5, 0.6) is 11.5 Å². The van der Waals surface area contributed by atoms with E-state index < -0.39 is 26.0 Å². The van der Waals surface area contributed by atoms with Gasteiger partial charge in [-0.2, -0.15) is 0 Å². The van der Waals surface area contributed by atoms with E-state index in [1.807, 2.05) is 24.3 Å². The minimum atomic E-state index is -3.75. The van der Waals surface area contributed by atoms with E-state index in [2.05, 4.69) is 62.6 Å². The highest BCUT2D eigenvalue weighted by molar-refractivity contribution is 7.89. The summed E-state index contributed by atoms with van der Waals surface area (Å²) in [5.41, 5.74) is 9.38. The number of hydrogen-bond acceptors (Lipinski definition) is 15. The molecule has 0 radical (unpaired) electrons. The number of piperidine rings is 2. The molecule has 0 unspecified atom stereocenters. The number of sulfonamides is 2. The van der Waals surface area contributed by atoms with Gasteiger partial charge in [-0.1, -0.05) is 27.7 Å². The van der Waals surface area contributed by atoms with Crippen molar-refractivity contribution in [2.24, 2.45) is 11.8 Å². The van der Waals surface area contributed by atoms with Gasteiger partial charge in [-0.15, -0.1) is 24.8 Å². The zero-order valence-electron chi connectivity index (χ0n) is 48.7. The second kappa shape index (κ2) is 33.7. The third-order valence-corrected chi connectivity index (χ3v) is 18.8. The number of aromatic nitrogens is 2. The van der Waals surface area contributed by atoms with Gasteiger partial charge in [-0.05, 0) is 162 Å². The zero-order valence-corrected chi connectivity index (χ0v) is 51.9. The van der Waals surface area contributed by atoms with E-state index in [0.717, 1.165) is 105 Å². The van der Waals surface area contributed by atoms with Crippen LogP contribution >= 0.6 is 24.8 Å². The van der Waals surface area contributed by atoms with Crippen LogP contribution in [0.4, 0.5) is 23.0 Å². The van der Waals surface area contributed by atoms with E-state index in [9.17, 15) is 26.4 Å². The van der Waals surface area contributed by atoms with Crippen molar-refractivity contribution in [3.05, 3.63) is 83.2 Å². The Bertz CT molecular complexity index is 2680. The molecule has 79 heavy (non-hydrogen) atoms. The zero-order chi connectivity index (χ0) is 57.0. The molecule has 19 nitrogen and oxygen atoms in total. The maximum atomic E-state index is 13.2. The number of benzene rings is 2. The number of carboxylic acid groups (broad SMARTS) is 1. The Hall–Kier alpha value is -5.00. The molecule has 0 spiro atoms. The number of ether oxygens (including phenoxy) is 2. The van der Waals surface area contributed by atoms with E-state index in [4.69, 9.17) is 20.3 Å². The smallest absolute Gasteiger partial charge is 0.304 e. The van der Waals surface area contributed by atoms with Crippen molar-refractivity contribution in [3.63, 3.8) is 0 Å². The molecule has 0 aliphatic carbocycles. The van der Waals surface area contributed by atoms with Crippen LogP contribution in [0.3, 0.4) is 0 Å². The van der Waals surface area contributed by atoms with Crippen LogP contribution < -0.4 is 30.3 Å². The maximum absolute atomic E-state index is 13.2. The molecule has 2 aliphatic rings. The lowest BCUT2D eigenvalue weighted by Crippen LogP contribution is -2.39. The van der Waals surface area contributed by atoms with Gasteiger partial charge >= 0.3 is 5.97 Å². The lowest BCUT2D eigenvalue weighted by Gasteiger charge is -2.35. The van der Waals surface area contributed by atoms with Gasteiger partial charge in [0.15, 0.2) is 0 Å². The summed E-state index contributed by atoms with van der Waals surface area (Å²) in [5, 5.41) is 11.5. The molecule has 6 rings (SSSR count). The van der Waals surface area contributed by atoms with Crippen molar-refractivity contribution < 1.29 is 41.0 Å². The van der Waals surface area contributed by atoms with Crippen molar-refractivity contribution in [1.82, 2.24) is 28.4 Å². The number of anilines is 4. The van der Waals surface area contributed by atoms with Crippen molar-refractivity contribution in [1.29, 1.82) is 0 Å². The lowest BCUT2D eigenvalue weighted by molar-refractivity contribution is -0.137. The van der Waals surface area contributed by atoms with Crippen LogP contribution in [0.2, 0.25) is 0 Å². The summed E-state index contributed by atoms with van der Waals surface area (Å²) in [4.78, 5) is 42.2. The number of hydrogen-bond donors (Lipinski definition) is 3. The summed E-state index contributed by atoms with van der Waals surface area (Å²) in [5.74, 6) is 3.45. The SMILES string of the molecule is CCN(CC)CC1CCN(c2ccc(N)cn2)CC1.CCN(CC)CC1CCN(c2ccc(NC(=O)CCN(C)S(=O)(=O)c3c(C)cc(OC)cc3C)cn2)CC1.COc1cc(C)c(S(=O)(=O)N(C)CCC(=O)O)c(C)c1.Cl.Cl. The Balaban J connectivity index is 0.000000439. The number of carbonyl (C=O) groups is 2. The largest absolute Gasteiger partial charge is 0.497 e. The molecule has 0 bridgehead atoms. The summed E-state index contributed by atoms with van der Waals surface area (Å²) in [6, 6.07) is 14.4. The number of nitrogens with two attached hydrogens (primary N) is 1. The molecule has 0 atom stereocenters. The Labute approximate surface area is 484 Å². The Morgan fingerprint density at radius 1 is 0.633 bits per heavy atom. The summed E-state index contributed by atoms with van der Waals surface area (Å²) in [6.45, 7) is 26.9. The van der Waals surface area contributed by atoms with Crippen LogP contribution in [-0.4, -0.2) is 169 Å². The number of nitrogens with zero attached hydrogens (tertiary/aromatic N) is 8. The van der Waals surface area contributed by atoms with Gasteiger partial charge in [0.25, 0.3) is 0 Å². The highest BCUT2D eigenvalue weighted by atomic mass is 35.5. The highest BCUT2D eigenvalue weighted by Crippen LogP contribution is 2.30. The number of amides is 1. The highest BCUT2D eigenvalue weighted by Gasteiger charge is 2.28. The van der Waals surface area contributed by atoms with Crippen LogP contribution in [0, 0.1) is 39.5 Å². The van der Waals surface area contributed by atoms with E-state index in [1.165, 1.54) is 44.9 Å². The molecule has 2 aromatic carbocycles. The topological polar surface area (TPSA) is 224 Å². The number of nitrogens with one attached hydrogen (secondary N) is 1. The van der Waals surface area contributed by atoms with Crippen molar-refractivity contribution in [2.75, 3.05) is 128 Å². The molecule has 2 saturated heterocycles. The van der Waals surface area contributed by atoms with Gasteiger partial charge in [0.1, 0.15) is 23.1 Å². The number of methoxy groups -OCH3 is 2. The first-order chi connectivity index (χ1) is 36.5. The molecule has 2 fully saturated rings. The molecule has 1 amide bonds. The predicted molar refractivity (Wildman–Crippen MR) is 323 cm³/mol. The minimum absolute atomic E-state index is 0. The monoisotopic (exact) mass is 1180 g/mol. The molecule has 2 aliphatic heterocycles. The first kappa shape index (κ1) is 70.1. The van der Waals surface area contributed by atoms with Gasteiger partial charge in [0.05, 0.1) is 54.2 Å². The Morgan fingerprint density at radius 3 is 1.32 bits per heavy atom. The molecule has 2 aromatic heterocycles. The normalized spacial score (nSPS) is 14.2. The Kier molecular flexibility index (Phi) is 29.9. The second-order valence-electron chi connectivity index (χ2n) is 20.0. The van der Waals surface area contributed by atoms with Crippen LogP contribution in [-0.2, 0) is 29.6 Å². The van der Waals surface area contributed by atoms with Crippen LogP contribution in [0.1, 0.15) is 88.5 Å². The second-order valence-corrected chi connectivity index (χ2v) is 23.9. The summed E-state index contributed by atoms with van der Waals surface area (Å²) in [7, 11) is -1.52. The molecular formula is C56H90Cl2N10O9S2. The molecule has 0 saturated carbocycles. The van der Waals surface area contributed by atoms with Gasteiger partial charge in [-0.3, -0.25) is 9.59 Å². The molecule has 4 aromatic rings. The first-order valence-electron chi connectivity index (χ1n) is 26.9. The van der Waals surface area contributed by atoms with Crippen LogP contribution in [0.15, 0.2) is 70.7 Å². The molecule has 4 N–H and O–H groups in total. The average molecular weight is 1180 g/mol. The van der Waals surface area contributed by atoms with E-state index in [1.54, 1.807) is 71.5 Å². The number of aryl methyl sites for hydroxylation is 4. The van der Waals surface area contributed by atoms with Gasteiger partial charge < -0.3 is 45.2 Å². The Morgan fingerprint density at radius 2 is 1.00 bits per heavy atom. The predicted octanol–water partition coefficient (Wildman–Crippen LogP) is 8.39. The van der Waals surface area contributed by atoms with E-state index in [-0.39, 0.29) is 66.4 Å². The lowest BCUT2D eigenvalue weighted by atomic mass is 9.96. The van der Waals surface area contributed by atoms with Crippen molar-refractivity contribution >= 4 is 79.7 Å². The third-order valence-electron chi connectivity index (χ3n) is 14.5. The van der Waals surface area contributed by atoms with Gasteiger partial charge in [0.2, 0.25) is 26.0 Å². The first-order valence-corrected chi connectivity index (χ1v) is 29.8. The van der Waals surface area contributed by atoms with Gasteiger partial charge in [-0.25, -0.2) is 35.4 Å².